The number of carbonyl (C=O) groups excluding carboxylic acids is 1. The normalized spacial score (nSPS) is 12.5. The van der Waals surface area contributed by atoms with Crippen LogP contribution in [-0.2, 0) is 14.3 Å². The maximum absolute atomic E-state index is 11.1. The van der Waals surface area contributed by atoms with Crippen molar-refractivity contribution >= 4 is 5.91 Å². The molecule has 0 heterocycles. The Kier molecular flexibility index (Phi) is 9.40. The van der Waals surface area contributed by atoms with Crippen LogP contribution in [0.1, 0.15) is 0 Å². The predicted molar refractivity (Wildman–Crippen MR) is 55.6 cm³/mol. The molecule has 0 fully saturated rings. The molecule has 0 aliphatic carbocycles. The molecule has 1 atom stereocenters. The van der Waals surface area contributed by atoms with Gasteiger partial charge >= 0.3 is 0 Å². The smallest absolute Gasteiger partial charge is 0.234 e. The van der Waals surface area contributed by atoms with Crippen molar-refractivity contribution in [1.29, 1.82) is 0 Å². The van der Waals surface area contributed by atoms with E-state index in [-0.39, 0.29) is 19.1 Å². The summed E-state index contributed by atoms with van der Waals surface area (Å²) >= 11 is 0. The van der Waals surface area contributed by atoms with Gasteiger partial charge in [-0.3, -0.25) is 4.79 Å². The number of carbonyl (C=O) groups is 1. The molecule has 6 heteroatoms. The lowest BCUT2D eigenvalue weighted by atomic mass is 10.4. The van der Waals surface area contributed by atoms with Gasteiger partial charge in [-0.1, -0.05) is 0 Å². The van der Waals surface area contributed by atoms with E-state index in [1.807, 2.05) is 0 Å². The van der Waals surface area contributed by atoms with Crippen molar-refractivity contribution in [3.63, 3.8) is 0 Å². The molecule has 1 amide bonds. The number of aliphatic hydroxyl groups excluding tert-OH is 1. The van der Waals surface area contributed by atoms with E-state index in [4.69, 9.17) is 9.47 Å². The molecule has 6 nitrogen and oxygen atoms in total. The number of hydrogen-bond donors (Lipinski definition) is 3. The molecule has 90 valence electrons. The summed E-state index contributed by atoms with van der Waals surface area (Å²) in [6.07, 6.45) is -0.582. The van der Waals surface area contributed by atoms with E-state index in [9.17, 15) is 9.90 Å². The highest BCUT2D eigenvalue weighted by molar-refractivity contribution is 5.77. The van der Waals surface area contributed by atoms with Crippen LogP contribution in [0.5, 0.6) is 0 Å². The number of methoxy groups -OCH3 is 2. The molecule has 15 heavy (non-hydrogen) atoms. The van der Waals surface area contributed by atoms with Crippen molar-refractivity contribution < 1.29 is 19.4 Å². The number of ether oxygens (including phenoxy) is 2. The van der Waals surface area contributed by atoms with E-state index in [1.165, 1.54) is 7.11 Å². The molecule has 0 saturated carbocycles. The zero-order valence-electron chi connectivity index (χ0n) is 9.28. The molecular weight excluding hydrogens is 200 g/mol. The van der Waals surface area contributed by atoms with Gasteiger partial charge in [0.25, 0.3) is 0 Å². The number of amides is 1. The highest BCUT2D eigenvalue weighted by Gasteiger charge is 2.04. The van der Waals surface area contributed by atoms with Crippen molar-refractivity contribution in [2.75, 3.05) is 47.1 Å². The first-order valence-electron chi connectivity index (χ1n) is 4.84. The van der Waals surface area contributed by atoms with Gasteiger partial charge in [-0.05, 0) is 0 Å². The molecular formula is C9H20N2O4. The fourth-order valence-corrected chi connectivity index (χ4v) is 0.959. The average Bonchev–Trinajstić information content (AvgIpc) is 2.18. The summed E-state index contributed by atoms with van der Waals surface area (Å²) in [5.41, 5.74) is 0. The molecule has 1 unspecified atom stereocenters. The molecule has 0 saturated heterocycles. The fourth-order valence-electron chi connectivity index (χ4n) is 0.959. The molecule has 0 radical (unpaired) electrons. The second-order valence-electron chi connectivity index (χ2n) is 3.08. The van der Waals surface area contributed by atoms with Crippen LogP contribution < -0.4 is 10.6 Å². The van der Waals surface area contributed by atoms with Gasteiger partial charge in [0.1, 0.15) is 0 Å². The van der Waals surface area contributed by atoms with Crippen LogP contribution in [0.25, 0.3) is 0 Å². The Balaban J connectivity index is 3.30. The van der Waals surface area contributed by atoms with Crippen LogP contribution in [0.2, 0.25) is 0 Å². The van der Waals surface area contributed by atoms with Crippen LogP contribution >= 0.6 is 0 Å². The van der Waals surface area contributed by atoms with Crippen LogP contribution in [-0.4, -0.2) is 64.2 Å². The molecule has 3 N–H and O–H groups in total. The van der Waals surface area contributed by atoms with E-state index in [0.29, 0.717) is 19.7 Å². The summed E-state index contributed by atoms with van der Waals surface area (Å²) in [6, 6.07) is 0. The van der Waals surface area contributed by atoms with Gasteiger partial charge < -0.3 is 25.2 Å². The molecule has 0 aliphatic rings. The highest BCUT2D eigenvalue weighted by atomic mass is 16.5. The molecule has 0 aliphatic heterocycles. The van der Waals surface area contributed by atoms with Gasteiger partial charge in [0.2, 0.25) is 5.91 Å². The quantitative estimate of drug-likeness (QED) is 0.406. The Morgan fingerprint density at radius 3 is 2.73 bits per heavy atom. The molecule has 0 aromatic carbocycles. The minimum absolute atomic E-state index is 0.114. The summed E-state index contributed by atoms with van der Waals surface area (Å²) in [7, 11) is 3.09. The van der Waals surface area contributed by atoms with Crippen molar-refractivity contribution in [2.45, 2.75) is 6.10 Å². The highest BCUT2D eigenvalue weighted by Crippen LogP contribution is 1.80. The Morgan fingerprint density at radius 2 is 2.13 bits per heavy atom. The minimum Gasteiger partial charge on any atom is -0.389 e. The fraction of sp³-hybridized carbons (Fsp3) is 0.889. The summed E-state index contributed by atoms with van der Waals surface area (Å²) in [6.45, 7) is 1.78. The lowest BCUT2D eigenvalue weighted by Gasteiger charge is -2.10. The first-order chi connectivity index (χ1) is 7.20. The summed E-state index contributed by atoms with van der Waals surface area (Å²) in [4.78, 5) is 11.1. The van der Waals surface area contributed by atoms with Crippen molar-refractivity contribution in [3.05, 3.63) is 0 Å². The third kappa shape index (κ3) is 9.61. The van der Waals surface area contributed by atoms with E-state index >= 15 is 0 Å². The van der Waals surface area contributed by atoms with E-state index in [1.54, 1.807) is 7.11 Å². The van der Waals surface area contributed by atoms with Gasteiger partial charge in [-0.15, -0.1) is 0 Å². The van der Waals surface area contributed by atoms with Gasteiger partial charge in [-0.2, -0.15) is 0 Å². The first-order valence-corrected chi connectivity index (χ1v) is 4.84. The lowest BCUT2D eigenvalue weighted by molar-refractivity contribution is -0.120. The SMILES string of the molecule is COCCNC(=O)CNCC(O)COC. The van der Waals surface area contributed by atoms with Gasteiger partial charge in [0, 0.05) is 27.3 Å². The number of rotatable bonds is 9. The largest absolute Gasteiger partial charge is 0.389 e. The Bertz CT molecular complexity index is 166. The van der Waals surface area contributed by atoms with Crippen LogP contribution in [0.4, 0.5) is 0 Å². The molecule has 0 aromatic heterocycles. The lowest BCUT2D eigenvalue weighted by Crippen LogP contribution is -2.39. The third-order valence-corrected chi connectivity index (χ3v) is 1.65. The van der Waals surface area contributed by atoms with Crippen molar-refractivity contribution in [3.8, 4) is 0 Å². The van der Waals surface area contributed by atoms with E-state index < -0.39 is 6.10 Å². The summed E-state index contributed by atoms with van der Waals surface area (Å²) in [5.74, 6) is -0.114. The Morgan fingerprint density at radius 1 is 1.40 bits per heavy atom. The van der Waals surface area contributed by atoms with Crippen LogP contribution in [0.15, 0.2) is 0 Å². The average molecular weight is 220 g/mol. The number of nitrogens with one attached hydrogen (secondary N) is 2. The van der Waals surface area contributed by atoms with Crippen molar-refractivity contribution in [2.24, 2.45) is 0 Å². The molecule has 0 rings (SSSR count). The van der Waals surface area contributed by atoms with Crippen LogP contribution in [0, 0.1) is 0 Å². The second kappa shape index (κ2) is 9.85. The zero-order valence-corrected chi connectivity index (χ0v) is 9.28. The van der Waals surface area contributed by atoms with Crippen LogP contribution in [0.3, 0.4) is 0 Å². The van der Waals surface area contributed by atoms with E-state index in [0.717, 1.165) is 0 Å². The molecule has 0 bridgehead atoms. The third-order valence-electron chi connectivity index (χ3n) is 1.65. The molecule has 0 aromatic rings. The van der Waals surface area contributed by atoms with E-state index in [2.05, 4.69) is 10.6 Å². The summed E-state index contributed by atoms with van der Waals surface area (Å²) in [5, 5.41) is 14.7. The molecule has 0 spiro atoms. The minimum atomic E-state index is -0.582. The monoisotopic (exact) mass is 220 g/mol. The second-order valence-corrected chi connectivity index (χ2v) is 3.08. The maximum Gasteiger partial charge on any atom is 0.234 e. The maximum atomic E-state index is 11.1. The van der Waals surface area contributed by atoms with Gasteiger partial charge in [0.05, 0.1) is 25.9 Å². The Labute approximate surface area is 89.9 Å². The zero-order chi connectivity index (χ0) is 11.5. The first kappa shape index (κ1) is 14.3. The standard InChI is InChI=1S/C9H20N2O4/c1-14-4-3-11-9(13)6-10-5-8(12)7-15-2/h8,10,12H,3-7H2,1-2H3,(H,11,13). The number of aliphatic hydroxyl groups is 1. The number of hydrogen-bond acceptors (Lipinski definition) is 5. The Hall–Kier alpha value is -0.690. The van der Waals surface area contributed by atoms with Crippen molar-refractivity contribution in [1.82, 2.24) is 10.6 Å². The van der Waals surface area contributed by atoms with Gasteiger partial charge in [0.15, 0.2) is 0 Å². The topological polar surface area (TPSA) is 79.8 Å². The van der Waals surface area contributed by atoms with Gasteiger partial charge in [-0.25, -0.2) is 0 Å². The summed E-state index contributed by atoms with van der Waals surface area (Å²) < 4.78 is 9.51. The predicted octanol–water partition coefficient (Wildman–Crippen LogP) is -1.65.